The predicted octanol–water partition coefficient (Wildman–Crippen LogP) is 2.24. The Bertz CT molecular complexity index is 822. The molecular formula is C20H23F3N3O3+. The minimum absolute atomic E-state index is 0.0169. The molecule has 0 bridgehead atoms. The fourth-order valence-electron chi connectivity index (χ4n) is 2.58. The Morgan fingerprint density at radius 2 is 1.34 bits per heavy atom. The molecule has 0 aliphatic heterocycles. The molecule has 2 aromatic carbocycles. The Morgan fingerprint density at radius 3 is 1.76 bits per heavy atom. The highest BCUT2D eigenvalue weighted by Crippen LogP contribution is 2.23. The van der Waals surface area contributed by atoms with Crippen molar-refractivity contribution in [3.63, 3.8) is 0 Å². The molecular weight excluding hydrogens is 387 g/mol. The molecule has 0 saturated carbocycles. The fraction of sp³-hybridized carbons (Fsp3) is 0.300. The highest BCUT2D eigenvalue weighted by atomic mass is 19.4. The number of hydrogen-bond acceptors (Lipinski definition) is 3. The van der Waals surface area contributed by atoms with Crippen molar-refractivity contribution in [1.82, 2.24) is 0 Å². The molecule has 0 aliphatic carbocycles. The Morgan fingerprint density at radius 1 is 0.897 bits per heavy atom. The number of anilines is 2. The molecule has 2 aromatic rings. The van der Waals surface area contributed by atoms with Gasteiger partial charge in [-0.25, -0.2) is 0 Å². The van der Waals surface area contributed by atoms with Crippen LogP contribution >= 0.6 is 0 Å². The SMILES string of the molecule is CCc1ccc(NC(=O)C[NH+](C)CC(=O)Nc2ccc(OC(F)(F)F)cc2)cc1. The van der Waals surface area contributed by atoms with Gasteiger partial charge < -0.3 is 20.3 Å². The van der Waals surface area contributed by atoms with Gasteiger partial charge >= 0.3 is 6.36 Å². The van der Waals surface area contributed by atoms with Gasteiger partial charge in [0, 0.05) is 11.4 Å². The van der Waals surface area contributed by atoms with Crippen molar-refractivity contribution in [1.29, 1.82) is 0 Å². The summed E-state index contributed by atoms with van der Waals surface area (Å²) >= 11 is 0. The van der Waals surface area contributed by atoms with E-state index in [1.807, 2.05) is 31.2 Å². The molecule has 9 heteroatoms. The number of ether oxygens (including phenoxy) is 1. The van der Waals surface area contributed by atoms with Crippen LogP contribution in [0, 0.1) is 0 Å². The second-order valence-electron chi connectivity index (χ2n) is 6.53. The topological polar surface area (TPSA) is 71.9 Å². The van der Waals surface area contributed by atoms with Crippen LogP contribution in [0.25, 0.3) is 0 Å². The second-order valence-corrected chi connectivity index (χ2v) is 6.53. The van der Waals surface area contributed by atoms with E-state index in [9.17, 15) is 22.8 Å². The summed E-state index contributed by atoms with van der Waals surface area (Å²) in [6.07, 6.45) is -3.86. The van der Waals surface area contributed by atoms with Crippen LogP contribution in [0.3, 0.4) is 0 Å². The zero-order valence-electron chi connectivity index (χ0n) is 16.1. The predicted molar refractivity (Wildman–Crippen MR) is 103 cm³/mol. The van der Waals surface area contributed by atoms with Gasteiger partial charge in [-0.05, 0) is 48.4 Å². The van der Waals surface area contributed by atoms with E-state index in [4.69, 9.17) is 0 Å². The summed E-state index contributed by atoms with van der Waals surface area (Å²) in [6.45, 7) is 2.14. The van der Waals surface area contributed by atoms with Gasteiger partial charge in [-0.1, -0.05) is 19.1 Å². The zero-order chi connectivity index (χ0) is 21.4. The van der Waals surface area contributed by atoms with E-state index in [1.165, 1.54) is 17.7 Å². The van der Waals surface area contributed by atoms with Gasteiger partial charge in [0.1, 0.15) is 5.75 Å². The summed E-state index contributed by atoms with van der Waals surface area (Å²) in [5.41, 5.74) is 2.18. The molecule has 156 valence electrons. The third-order valence-corrected chi connectivity index (χ3v) is 3.94. The van der Waals surface area contributed by atoms with Crippen molar-refractivity contribution in [2.45, 2.75) is 19.7 Å². The van der Waals surface area contributed by atoms with Crippen LogP contribution in [0.4, 0.5) is 24.5 Å². The van der Waals surface area contributed by atoms with Crippen molar-refractivity contribution in [3.05, 3.63) is 54.1 Å². The first-order chi connectivity index (χ1) is 13.6. The molecule has 6 nitrogen and oxygen atoms in total. The number of aryl methyl sites for hydroxylation is 1. The van der Waals surface area contributed by atoms with E-state index >= 15 is 0 Å². The van der Waals surface area contributed by atoms with Crippen LogP contribution in [-0.4, -0.2) is 38.3 Å². The average Bonchev–Trinajstić information content (AvgIpc) is 2.62. The highest BCUT2D eigenvalue weighted by molar-refractivity contribution is 5.93. The third-order valence-electron chi connectivity index (χ3n) is 3.94. The van der Waals surface area contributed by atoms with Crippen molar-refractivity contribution >= 4 is 23.2 Å². The number of carbonyl (C=O) groups excluding carboxylic acids is 2. The smallest absolute Gasteiger partial charge is 0.406 e. The van der Waals surface area contributed by atoms with E-state index in [-0.39, 0.29) is 30.7 Å². The van der Waals surface area contributed by atoms with Crippen LogP contribution < -0.4 is 20.3 Å². The van der Waals surface area contributed by atoms with Crippen molar-refractivity contribution < 1.29 is 32.4 Å². The first kappa shape index (κ1) is 22.2. The van der Waals surface area contributed by atoms with Gasteiger partial charge in [0.15, 0.2) is 13.1 Å². The van der Waals surface area contributed by atoms with E-state index in [0.29, 0.717) is 16.3 Å². The molecule has 2 rings (SSSR count). The molecule has 0 aliphatic rings. The Labute approximate surface area is 166 Å². The van der Waals surface area contributed by atoms with E-state index in [0.717, 1.165) is 18.6 Å². The van der Waals surface area contributed by atoms with Crippen LogP contribution in [-0.2, 0) is 16.0 Å². The lowest BCUT2D eigenvalue weighted by atomic mass is 10.1. The minimum atomic E-state index is -4.77. The quantitative estimate of drug-likeness (QED) is 0.625. The maximum absolute atomic E-state index is 12.1. The molecule has 0 radical (unpaired) electrons. The number of amides is 2. The molecule has 2 amide bonds. The number of rotatable bonds is 8. The number of benzene rings is 2. The number of nitrogens with one attached hydrogen (secondary N) is 3. The van der Waals surface area contributed by atoms with Crippen LogP contribution in [0.2, 0.25) is 0 Å². The first-order valence-electron chi connectivity index (χ1n) is 9.00. The normalized spacial score (nSPS) is 12.2. The van der Waals surface area contributed by atoms with E-state index in [2.05, 4.69) is 15.4 Å². The van der Waals surface area contributed by atoms with Gasteiger partial charge in [-0.3, -0.25) is 9.59 Å². The van der Waals surface area contributed by atoms with Gasteiger partial charge in [0.05, 0.1) is 7.05 Å². The maximum atomic E-state index is 12.1. The second kappa shape index (κ2) is 9.92. The van der Waals surface area contributed by atoms with Crippen molar-refractivity contribution in [2.75, 3.05) is 30.8 Å². The lowest BCUT2D eigenvalue weighted by molar-refractivity contribution is -0.862. The van der Waals surface area contributed by atoms with Gasteiger partial charge in [0.25, 0.3) is 11.8 Å². The molecule has 0 spiro atoms. The molecule has 0 heterocycles. The van der Waals surface area contributed by atoms with Crippen LogP contribution in [0.1, 0.15) is 12.5 Å². The Balaban J connectivity index is 1.78. The number of carbonyl (C=O) groups is 2. The monoisotopic (exact) mass is 410 g/mol. The number of likely N-dealkylation sites (N-methyl/N-ethyl adjacent to an activating group) is 1. The van der Waals surface area contributed by atoms with E-state index in [1.54, 1.807) is 7.05 Å². The van der Waals surface area contributed by atoms with Crippen LogP contribution in [0.5, 0.6) is 5.75 Å². The molecule has 1 atom stereocenters. The summed E-state index contributed by atoms with van der Waals surface area (Å²) in [4.78, 5) is 24.8. The summed E-state index contributed by atoms with van der Waals surface area (Å²) < 4.78 is 40.2. The van der Waals surface area contributed by atoms with Crippen molar-refractivity contribution in [3.8, 4) is 5.75 Å². The fourth-order valence-corrected chi connectivity index (χ4v) is 2.58. The first-order valence-corrected chi connectivity index (χ1v) is 9.00. The lowest BCUT2D eigenvalue weighted by Crippen LogP contribution is -3.11. The zero-order valence-corrected chi connectivity index (χ0v) is 16.1. The number of halogens is 3. The molecule has 29 heavy (non-hydrogen) atoms. The molecule has 0 aromatic heterocycles. The summed E-state index contributed by atoms with van der Waals surface area (Å²) in [5.74, 6) is -0.970. The van der Waals surface area contributed by atoms with Gasteiger partial charge in [-0.15, -0.1) is 13.2 Å². The van der Waals surface area contributed by atoms with Crippen molar-refractivity contribution in [2.24, 2.45) is 0 Å². The Kier molecular flexibility index (Phi) is 7.60. The lowest BCUT2D eigenvalue weighted by Gasteiger charge is -2.14. The summed E-state index contributed by atoms with van der Waals surface area (Å²) in [5, 5.41) is 5.34. The third kappa shape index (κ3) is 8.22. The molecule has 0 fully saturated rings. The number of hydrogen-bond donors (Lipinski definition) is 3. The van der Waals surface area contributed by atoms with Crippen LogP contribution in [0.15, 0.2) is 48.5 Å². The highest BCUT2D eigenvalue weighted by Gasteiger charge is 2.31. The molecule has 3 N–H and O–H groups in total. The molecule has 0 saturated heterocycles. The molecule has 1 unspecified atom stereocenters. The maximum Gasteiger partial charge on any atom is 0.573 e. The summed E-state index contributed by atoms with van der Waals surface area (Å²) in [7, 11) is 1.69. The summed E-state index contributed by atoms with van der Waals surface area (Å²) in [6, 6.07) is 12.3. The Hall–Kier alpha value is -3.07. The minimum Gasteiger partial charge on any atom is -0.406 e. The average molecular weight is 410 g/mol. The van der Waals surface area contributed by atoms with Gasteiger partial charge in [0.2, 0.25) is 0 Å². The standard InChI is InChI=1S/C20H22F3N3O3/c1-3-14-4-6-15(7-5-14)24-18(27)12-26(2)13-19(28)25-16-8-10-17(11-9-16)29-20(21,22)23/h4-11H,3,12-13H2,1-2H3,(H,24,27)(H,25,28)/p+1. The number of quaternary nitrogens is 1. The van der Waals surface area contributed by atoms with Gasteiger partial charge in [-0.2, -0.15) is 0 Å². The number of alkyl halides is 3. The van der Waals surface area contributed by atoms with E-state index < -0.39 is 6.36 Å². The largest absolute Gasteiger partial charge is 0.573 e.